The van der Waals surface area contributed by atoms with Gasteiger partial charge in [0.25, 0.3) is 5.56 Å². The van der Waals surface area contributed by atoms with E-state index in [1.807, 2.05) is 36.4 Å². The molecule has 3 rings (SSSR count). The van der Waals surface area contributed by atoms with Crippen molar-refractivity contribution in [2.24, 2.45) is 0 Å². The van der Waals surface area contributed by atoms with Crippen LogP contribution in [0.4, 0.5) is 0 Å². The Hall–Kier alpha value is -2.88. The van der Waals surface area contributed by atoms with Crippen LogP contribution < -0.4 is 5.56 Å². The Labute approximate surface area is 120 Å². The van der Waals surface area contributed by atoms with Crippen molar-refractivity contribution in [1.29, 1.82) is 0 Å². The Morgan fingerprint density at radius 1 is 1.05 bits per heavy atom. The van der Waals surface area contributed by atoms with E-state index in [9.17, 15) is 9.59 Å². The Kier molecular flexibility index (Phi) is 3.28. The molecule has 104 valence electrons. The van der Waals surface area contributed by atoms with Gasteiger partial charge in [-0.1, -0.05) is 42.5 Å². The standard InChI is InChI=1S/C17H13NO3/c19-16(20)9-11-4-3-6-12(8-11)14-10-13-5-1-2-7-15(13)18-17(14)21/h1-8,10H,9H2,(H,18,21)(H,19,20). The molecule has 0 unspecified atom stereocenters. The number of benzene rings is 2. The molecular formula is C17H13NO3. The van der Waals surface area contributed by atoms with Crippen molar-refractivity contribution in [2.75, 3.05) is 0 Å². The molecule has 21 heavy (non-hydrogen) atoms. The van der Waals surface area contributed by atoms with Crippen LogP contribution in [0, 0.1) is 0 Å². The van der Waals surface area contributed by atoms with Crippen LogP contribution in [0.3, 0.4) is 0 Å². The number of carboxylic acids is 1. The molecule has 0 amide bonds. The van der Waals surface area contributed by atoms with E-state index in [0.29, 0.717) is 11.1 Å². The van der Waals surface area contributed by atoms with Crippen LogP contribution in [0.25, 0.3) is 22.0 Å². The number of carboxylic acid groups (broad SMARTS) is 1. The number of para-hydroxylation sites is 1. The molecule has 2 N–H and O–H groups in total. The first-order valence-corrected chi connectivity index (χ1v) is 6.57. The average molecular weight is 279 g/mol. The Morgan fingerprint density at radius 3 is 2.67 bits per heavy atom. The van der Waals surface area contributed by atoms with Gasteiger partial charge in [-0.05, 0) is 28.6 Å². The molecule has 0 radical (unpaired) electrons. The van der Waals surface area contributed by atoms with Crippen molar-refractivity contribution in [1.82, 2.24) is 4.98 Å². The average Bonchev–Trinajstić information content (AvgIpc) is 2.46. The van der Waals surface area contributed by atoms with E-state index in [1.165, 1.54) is 0 Å². The van der Waals surface area contributed by atoms with E-state index in [0.717, 1.165) is 16.5 Å². The first-order chi connectivity index (χ1) is 10.1. The molecule has 4 nitrogen and oxygen atoms in total. The summed E-state index contributed by atoms with van der Waals surface area (Å²) >= 11 is 0. The molecular weight excluding hydrogens is 266 g/mol. The first kappa shape index (κ1) is 13.1. The first-order valence-electron chi connectivity index (χ1n) is 6.57. The summed E-state index contributed by atoms with van der Waals surface area (Å²) < 4.78 is 0. The summed E-state index contributed by atoms with van der Waals surface area (Å²) in [6.07, 6.45) is -0.0562. The van der Waals surface area contributed by atoms with Crippen molar-refractivity contribution in [3.05, 3.63) is 70.5 Å². The lowest BCUT2D eigenvalue weighted by atomic mass is 10.0. The number of H-pyrrole nitrogens is 1. The number of hydrogen-bond donors (Lipinski definition) is 2. The molecule has 0 saturated heterocycles. The molecule has 0 spiro atoms. The summed E-state index contributed by atoms with van der Waals surface area (Å²) in [6, 6.07) is 16.4. The van der Waals surface area contributed by atoms with Crippen LogP contribution in [0.2, 0.25) is 0 Å². The van der Waals surface area contributed by atoms with Crippen molar-refractivity contribution in [3.8, 4) is 11.1 Å². The van der Waals surface area contributed by atoms with Crippen molar-refractivity contribution in [3.63, 3.8) is 0 Å². The SMILES string of the molecule is O=C(O)Cc1cccc(-c2cc3ccccc3[nH]c2=O)c1. The quantitative estimate of drug-likeness (QED) is 0.774. The van der Waals surface area contributed by atoms with Gasteiger partial charge in [0, 0.05) is 11.1 Å². The van der Waals surface area contributed by atoms with E-state index in [1.54, 1.807) is 18.2 Å². The number of aromatic amines is 1. The monoisotopic (exact) mass is 279 g/mol. The predicted molar refractivity (Wildman–Crippen MR) is 81.3 cm³/mol. The van der Waals surface area contributed by atoms with Crippen LogP contribution in [0.1, 0.15) is 5.56 Å². The van der Waals surface area contributed by atoms with Crippen LogP contribution in [0.5, 0.6) is 0 Å². The second-order valence-corrected chi connectivity index (χ2v) is 4.87. The zero-order valence-electron chi connectivity index (χ0n) is 11.2. The van der Waals surface area contributed by atoms with E-state index in [-0.39, 0.29) is 12.0 Å². The zero-order valence-corrected chi connectivity index (χ0v) is 11.2. The number of rotatable bonds is 3. The van der Waals surface area contributed by atoms with Gasteiger partial charge in [-0.2, -0.15) is 0 Å². The molecule has 0 aliphatic heterocycles. The van der Waals surface area contributed by atoms with Gasteiger partial charge < -0.3 is 10.1 Å². The highest BCUT2D eigenvalue weighted by atomic mass is 16.4. The Bertz CT molecular complexity index is 880. The highest BCUT2D eigenvalue weighted by Crippen LogP contribution is 2.20. The molecule has 0 aliphatic rings. The topological polar surface area (TPSA) is 70.2 Å². The zero-order chi connectivity index (χ0) is 14.8. The fraction of sp³-hybridized carbons (Fsp3) is 0.0588. The van der Waals surface area contributed by atoms with Crippen molar-refractivity contribution in [2.45, 2.75) is 6.42 Å². The summed E-state index contributed by atoms with van der Waals surface area (Å²) in [5.41, 5.74) is 2.54. The van der Waals surface area contributed by atoms with Gasteiger partial charge in [0.1, 0.15) is 0 Å². The number of nitrogens with one attached hydrogen (secondary N) is 1. The largest absolute Gasteiger partial charge is 0.481 e. The molecule has 3 aromatic rings. The molecule has 0 fully saturated rings. The third-order valence-electron chi connectivity index (χ3n) is 3.35. The van der Waals surface area contributed by atoms with Gasteiger partial charge in [0.15, 0.2) is 0 Å². The lowest BCUT2D eigenvalue weighted by molar-refractivity contribution is -0.136. The molecule has 0 saturated carbocycles. The summed E-state index contributed by atoms with van der Waals surface area (Å²) in [4.78, 5) is 25.8. The van der Waals surface area contributed by atoms with E-state index >= 15 is 0 Å². The van der Waals surface area contributed by atoms with Crippen LogP contribution >= 0.6 is 0 Å². The lowest BCUT2D eigenvalue weighted by Gasteiger charge is -2.05. The summed E-state index contributed by atoms with van der Waals surface area (Å²) in [5, 5.41) is 9.80. The summed E-state index contributed by atoms with van der Waals surface area (Å²) in [7, 11) is 0. The highest BCUT2D eigenvalue weighted by Gasteiger charge is 2.07. The summed E-state index contributed by atoms with van der Waals surface area (Å²) in [5.74, 6) is -0.889. The Balaban J connectivity index is 2.13. The second kappa shape index (κ2) is 5.25. The molecule has 0 bridgehead atoms. The predicted octanol–water partition coefficient (Wildman–Crippen LogP) is 2.82. The Morgan fingerprint density at radius 2 is 1.86 bits per heavy atom. The molecule has 1 heterocycles. The smallest absolute Gasteiger partial charge is 0.307 e. The van der Waals surface area contributed by atoms with Gasteiger partial charge in [-0.3, -0.25) is 9.59 Å². The van der Waals surface area contributed by atoms with Gasteiger partial charge in [0.2, 0.25) is 0 Å². The van der Waals surface area contributed by atoms with E-state index in [2.05, 4.69) is 4.98 Å². The van der Waals surface area contributed by atoms with Crippen LogP contribution in [-0.4, -0.2) is 16.1 Å². The number of fused-ring (bicyclic) bond motifs is 1. The minimum absolute atomic E-state index is 0.0562. The number of carbonyl (C=O) groups is 1. The van der Waals surface area contributed by atoms with Gasteiger partial charge >= 0.3 is 5.97 Å². The normalized spacial score (nSPS) is 10.7. The minimum atomic E-state index is -0.889. The summed E-state index contributed by atoms with van der Waals surface area (Å²) in [6.45, 7) is 0. The highest BCUT2D eigenvalue weighted by molar-refractivity contribution is 5.83. The molecule has 4 heteroatoms. The number of hydrogen-bond acceptors (Lipinski definition) is 2. The van der Waals surface area contributed by atoms with Crippen LogP contribution in [0.15, 0.2) is 59.4 Å². The van der Waals surface area contributed by atoms with Crippen molar-refractivity contribution < 1.29 is 9.90 Å². The van der Waals surface area contributed by atoms with Gasteiger partial charge in [-0.25, -0.2) is 0 Å². The molecule has 2 aromatic carbocycles. The second-order valence-electron chi connectivity index (χ2n) is 4.87. The van der Waals surface area contributed by atoms with E-state index < -0.39 is 5.97 Å². The van der Waals surface area contributed by atoms with E-state index in [4.69, 9.17) is 5.11 Å². The van der Waals surface area contributed by atoms with Crippen molar-refractivity contribution >= 4 is 16.9 Å². The molecule has 0 aliphatic carbocycles. The van der Waals surface area contributed by atoms with Crippen LogP contribution in [-0.2, 0) is 11.2 Å². The molecule has 0 atom stereocenters. The third-order valence-corrected chi connectivity index (χ3v) is 3.35. The number of aliphatic carboxylic acids is 1. The maximum absolute atomic E-state index is 12.2. The van der Waals surface area contributed by atoms with Gasteiger partial charge in [-0.15, -0.1) is 0 Å². The number of aromatic nitrogens is 1. The lowest BCUT2D eigenvalue weighted by Crippen LogP contribution is -2.09. The fourth-order valence-corrected chi connectivity index (χ4v) is 2.39. The minimum Gasteiger partial charge on any atom is -0.481 e. The van der Waals surface area contributed by atoms with Gasteiger partial charge in [0.05, 0.1) is 6.42 Å². The fourth-order valence-electron chi connectivity index (χ4n) is 2.39. The maximum atomic E-state index is 12.2. The maximum Gasteiger partial charge on any atom is 0.307 e. The number of pyridine rings is 1. The third kappa shape index (κ3) is 2.69. The molecule has 1 aromatic heterocycles.